The van der Waals surface area contributed by atoms with Gasteiger partial charge in [-0.2, -0.15) is 0 Å². The average Bonchev–Trinajstić information content (AvgIpc) is 2.34. The number of hydrogen-bond acceptors (Lipinski definition) is 2. The molecule has 0 saturated heterocycles. The SMILES string of the molecule is Cc1ccc(CCN(C)CC(C)(C)CO)c(C)c1C. The highest BCUT2D eigenvalue weighted by Crippen LogP contribution is 2.19. The number of likely N-dealkylation sites (N-methyl/N-ethyl adjacent to an activating group) is 1. The molecule has 0 fully saturated rings. The Kier molecular flexibility index (Phi) is 5.57. The number of rotatable bonds is 6. The maximum atomic E-state index is 9.31. The molecule has 2 heteroatoms. The van der Waals surface area contributed by atoms with Crippen molar-refractivity contribution >= 4 is 0 Å². The Labute approximate surface area is 118 Å². The van der Waals surface area contributed by atoms with Crippen LogP contribution in [0.4, 0.5) is 0 Å². The monoisotopic (exact) mass is 263 g/mol. The summed E-state index contributed by atoms with van der Waals surface area (Å²) in [5, 5.41) is 9.31. The third-order valence-corrected chi connectivity index (χ3v) is 4.06. The second kappa shape index (κ2) is 6.53. The molecule has 0 radical (unpaired) electrons. The van der Waals surface area contributed by atoms with Crippen LogP contribution in [0.15, 0.2) is 12.1 Å². The van der Waals surface area contributed by atoms with Crippen molar-refractivity contribution in [2.24, 2.45) is 5.41 Å². The minimum Gasteiger partial charge on any atom is -0.396 e. The first-order valence-electron chi connectivity index (χ1n) is 7.12. The summed E-state index contributed by atoms with van der Waals surface area (Å²) in [5.41, 5.74) is 5.63. The Morgan fingerprint density at radius 2 is 1.74 bits per heavy atom. The van der Waals surface area contributed by atoms with Gasteiger partial charge in [-0.25, -0.2) is 0 Å². The molecule has 19 heavy (non-hydrogen) atoms. The van der Waals surface area contributed by atoms with Gasteiger partial charge >= 0.3 is 0 Å². The summed E-state index contributed by atoms with van der Waals surface area (Å²) in [6, 6.07) is 4.47. The maximum absolute atomic E-state index is 9.31. The Balaban J connectivity index is 2.60. The van der Waals surface area contributed by atoms with Gasteiger partial charge in [-0.1, -0.05) is 26.0 Å². The zero-order valence-corrected chi connectivity index (χ0v) is 13.4. The molecule has 108 valence electrons. The van der Waals surface area contributed by atoms with Crippen molar-refractivity contribution in [1.29, 1.82) is 0 Å². The minimum absolute atomic E-state index is 0.0208. The third-order valence-electron chi connectivity index (χ3n) is 4.06. The minimum atomic E-state index is -0.0208. The summed E-state index contributed by atoms with van der Waals surface area (Å²) in [6.07, 6.45) is 1.07. The van der Waals surface area contributed by atoms with E-state index in [-0.39, 0.29) is 12.0 Å². The summed E-state index contributed by atoms with van der Waals surface area (Å²) in [5.74, 6) is 0. The second-order valence-electron chi connectivity index (χ2n) is 6.60. The summed E-state index contributed by atoms with van der Waals surface area (Å²) in [7, 11) is 2.13. The molecule has 0 atom stereocenters. The largest absolute Gasteiger partial charge is 0.396 e. The molecule has 0 bridgehead atoms. The Morgan fingerprint density at radius 3 is 2.32 bits per heavy atom. The highest BCUT2D eigenvalue weighted by molar-refractivity contribution is 5.38. The van der Waals surface area contributed by atoms with Crippen molar-refractivity contribution in [3.8, 4) is 0 Å². The molecule has 0 aliphatic carbocycles. The van der Waals surface area contributed by atoms with E-state index >= 15 is 0 Å². The lowest BCUT2D eigenvalue weighted by atomic mass is 9.93. The fourth-order valence-corrected chi connectivity index (χ4v) is 2.45. The fourth-order valence-electron chi connectivity index (χ4n) is 2.45. The van der Waals surface area contributed by atoms with E-state index in [1.54, 1.807) is 0 Å². The molecule has 1 aromatic carbocycles. The zero-order chi connectivity index (χ0) is 14.6. The molecule has 0 aliphatic rings. The van der Waals surface area contributed by atoms with Crippen LogP contribution in [0, 0.1) is 26.2 Å². The van der Waals surface area contributed by atoms with Gasteiger partial charge in [0.25, 0.3) is 0 Å². The van der Waals surface area contributed by atoms with Crippen LogP contribution in [0.25, 0.3) is 0 Å². The predicted octanol–water partition coefficient (Wildman–Crippen LogP) is 3.10. The highest BCUT2D eigenvalue weighted by Gasteiger charge is 2.18. The topological polar surface area (TPSA) is 23.5 Å². The molecular formula is C17H29NO. The fraction of sp³-hybridized carbons (Fsp3) is 0.647. The van der Waals surface area contributed by atoms with Crippen LogP contribution in [0.1, 0.15) is 36.1 Å². The average molecular weight is 263 g/mol. The van der Waals surface area contributed by atoms with Crippen LogP contribution in [-0.2, 0) is 6.42 Å². The summed E-state index contributed by atoms with van der Waals surface area (Å²) >= 11 is 0. The normalized spacial score (nSPS) is 12.2. The first-order valence-corrected chi connectivity index (χ1v) is 7.12. The quantitative estimate of drug-likeness (QED) is 0.852. The van der Waals surface area contributed by atoms with Gasteiger partial charge in [0, 0.05) is 25.1 Å². The molecule has 1 N–H and O–H groups in total. The van der Waals surface area contributed by atoms with Crippen molar-refractivity contribution in [2.45, 2.75) is 41.0 Å². The number of aryl methyl sites for hydroxylation is 1. The standard InChI is InChI=1S/C17H29NO/c1-13-7-8-16(15(3)14(13)2)9-10-18(6)11-17(4,5)12-19/h7-8,19H,9-12H2,1-6H3. The van der Waals surface area contributed by atoms with E-state index in [0.29, 0.717) is 0 Å². The van der Waals surface area contributed by atoms with Gasteiger partial charge in [0.1, 0.15) is 0 Å². The highest BCUT2D eigenvalue weighted by atomic mass is 16.3. The van der Waals surface area contributed by atoms with Crippen LogP contribution in [0.3, 0.4) is 0 Å². The van der Waals surface area contributed by atoms with E-state index in [2.05, 4.69) is 58.7 Å². The van der Waals surface area contributed by atoms with E-state index < -0.39 is 0 Å². The van der Waals surface area contributed by atoms with Crippen molar-refractivity contribution in [3.63, 3.8) is 0 Å². The lowest BCUT2D eigenvalue weighted by Crippen LogP contribution is -2.35. The smallest absolute Gasteiger partial charge is 0.0494 e. The first-order chi connectivity index (χ1) is 8.76. The van der Waals surface area contributed by atoms with E-state index in [9.17, 15) is 5.11 Å². The van der Waals surface area contributed by atoms with Crippen LogP contribution in [0.5, 0.6) is 0 Å². The molecule has 0 heterocycles. The van der Waals surface area contributed by atoms with Crippen LogP contribution in [0.2, 0.25) is 0 Å². The Morgan fingerprint density at radius 1 is 1.11 bits per heavy atom. The summed E-state index contributed by atoms with van der Waals surface area (Å²) in [4.78, 5) is 2.31. The van der Waals surface area contributed by atoms with Crippen molar-refractivity contribution < 1.29 is 5.11 Å². The van der Waals surface area contributed by atoms with Crippen molar-refractivity contribution in [3.05, 3.63) is 34.4 Å². The molecule has 0 aromatic heterocycles. The number of aliphatic hydroxyl groups is 1. The molecular weight excluding hydrogens is 234 g/mol. The van der Waals surface area contributed by atoms with Gasteiger partial charge in [0.15, 0.2) is 0 Å². The molecule has 0 aliphatic heterocycles. The van der Waals surface area contributed by atoms with Crippen LogP contribution < -0.4 is 0 Å². The van der Waals surface area contributed by atoms with E-state index in [1.165, 1.54) is 22.3 Å². The molecule has 0 amide bonds. The Hall–Kier alpha value is -0.860. The van der Waals surface area contributed by atoms with Gasteiger partial charge < -0.3 is 10.0 Å². The number of nitrogens with zero attached hydrogens (tertiary/aromatic N) is 1. The number of benzene rings is 1. The number of hydrogen-bond donors (Lipinski definition) is 1. The van der Waals surface area contributed by atoms with E-state index in [4.69, 9.17) is 0 Å². The van der Waals surface area contributed by atoms with Gasteiger partial charge in [0.2, 0.25) is 0 Å². The first kappa shape index (κ1) is 16.2. The van der Waals surface area contributed by atoms with Gasteiger partial charge in [-0.3, -0.25) is 0 Å². The molecule has 0 saturated carbocycles. The van der Waals surface area contributed by atoms with Crippen molar-refractivity contribution in [2.75, 3.05) is 26.7 Å². The molecule has 0 unspecified atom stereocenters. The maximum Gasteiger partial charge on any atom is 0.0494 e. The van der Waals surface area contributed by atoms with Gasteiger partial charge in [0.05, 0.1) is 0 Å². The lowest BCUT2D eigenvalue weighted by Gasteiger charge is -2.28. The van der Waals surface area contributed by atoms with E-state index in [0.717, 1.165) is 19.5 Å². The zero-order valence-electron chi connectivity index (χ0n) is 13.4. The summed E-state index contributed by atoms with van der Waals surface area (Å²) in [6.45, 7) is 13.0. The lowest BCUT2D eigenvalue weighted by molar-refractivity contribution is 0.116. The molecule has 1 rings (SSSR count). The number of aliphatic hydroxyl groups excluding tert-OH is 1. The van der Waals surface area contributed by atoms with Crippen LogP contribution in [-0.4, -0.2) is 36.8 Å². The predicted molar refractivity (Wildman–Crippen MR) is 82.7 cm³/mol. The summed E-state index contributed by atoms with van der Waals surface area (Å²) < 4.78 is 0. The third kappa shape index (κ3) is 4.63. The Bertz CT molecular complexity index is 424. The van der Waals surface area contributed by atoms with Gasteiger partial charge in [-0.15, -0.1) is 0 Å². The molecule has 1 aromatic rings. The molecule has 2 nitrogen and oxygen atoms in total. The molecule has 0 spiro atoms. The van der Waals surface area contributed by atoms with E-state index in [1.807, 2.05) is 0 Å². The van der Waals surface area contributed by atoms with Crippen LogP contribution >= 0.6 is 0 Å². The van der Waals surface area contributed by atoms with Crippen molar-refractivity contribution in [1.82, 2.24) is 4.90 Å². The van der Waals surface area contributed by atoms with Gasteiger partial charge in [-0.05, 0) is 56.5 Å². The second-order valence-corrected chi connectivity index (χ2v) is 6.60.